The first-order valence-electron chi connectivity index (χ1n) is 12.9. The lowest BCUT2D eigenvalue weighted by Gasteiger charge is -2.52. The fraction of sp³-hybridized carbons (Fsp3) is 0.793. The van der Waals surface area contributed by atoms with Gasteiger partial charge in [0.15, 0.2) is 0 Å². The number of allylic oxidation sites excluding steroid dienone is 3. The summed E-state index contributed by atoms with van der Waals surface area (Å²) in [5, 5.41) is 30.6. The van der Waals surface area contributed by atoms with Gasteiger partial charge in [-0.3, -0.25) is 0 Å². The predicted octanol–water partition coefficient (Wildman–Crippen LogP) is 6.34. The molecule has 3 heteroatoms. The van der Waals surface area contributed by atoms with Gasteiger partial charge in [0, 0.05) is 0 Å². The van der Waals surface area contributed by atoms with E-state index in [1.54, 1.807) is 5.57 Å². The Morgan fingerprint density at radius 2 is 1.72 bits per heavy atom. The molecule has 0 saturated heterocycles. The van der Waals surface area contributed by atoms with Gasteiger partial charge in [0.2, 0.25) is 0 Å². The monoisotopic (exact) mass is 444 g/mol. The highest BCUT2D eigenvalue weighted by atomic mass is 16.3. The Bertz CT molecular complexity index is 741. The normalized spacial score (nSPS) is 39.2. The Kier molecular flexibility index (Phi) is 7.55. The Morgan fingerprint density at radius 3 is 2.31 bits per heavy atom. The number of rotatable bonds is 6. The molecule has 3 rings (SSSR count). The van der Waals surface area contributed by atoms with Crippen molar-refractivity contribution >= 4 is 0 Å². The third-order valence-electron chi connectivity index (χ3n) is 10.0. The van der Waals surface area contributed by atoms with Gasteiger partial charge in [0.05, 0.1) is 17.8 Å². The van der Waals surface area contributed by atoms with E-state index in [1.807, 2.05) is 13.8 Å². The van der Waals surface area contributed by atoms with E-state index in [0.29, 0.717) is 47.0 Å². The molecule has 3 fully saturated rings. The van der Waals surface area contributed by atoms with E-state index in [9.17, 15) is 15.3 Å². The molecule has 182 valence electrons. The second-order valence-corrected chi connectivity index (χ2v) is 12.5. The molecule has 1 unspecified atom stereocenters. The SMILES string of the molecule is C=C1[C@H](O)CC(=C/C=C2\CCC[C@@]3(C)C2CC[C@@]3(C)[C@H](C)[C@@H](C)CCC(C)(C)O)C[C@H]1O. The molecule has 3 nitrogen and oxygen atoms in total. The van der Waals surface area contributed by atoms with Gasteiger partial charge in [-0.05, 0) is 106 Å². The lowest BCUT2D eigenvalue weighted by Crippen LogP contribution is -2.45. The molecule has 3 aliphatic rings. The molecular formula is C29H48O3. The molecule has 3 N–H and O–H groups in total. The van der Waals surface area contributed by atoms with Gasteiger partial charge in [-0.2, -0.15) is 0 Å². The van der Waals surface area contributed by atoms with Gasteiger partial charge in [-0.25, -0.2) is 0 Å². The molecule has 0 aromatic heterocycles. The lowest BCUT2D eigenvalue weighted by atomic mass is 9.52. The van der Waals surface area contributed by atoms with Crippen molar-refractivity contribution in [2.45, 2.75) is 117 Å². The highest BCUT2D eigenvalue weighted by molar-refractivity contribution is 5.30. The third-order valence-corrected chi connectivity index (χ3v) is 10.0. The maximum absolute atomic E-state index is 10.2. The Balaban J connectivity index is 1.77. The van der Waals surface area contributed by atoms with Gasteiger partial charge in [0.25, 0.3) is 0 Å². The van der Waals surface area contributed by atoms with Crippen LogP contribution in [0.15, 0.2) is 35.5 Å². The van der Waals surface area contributed by atoms with Crippen LogP contribution in [0.5, 0.6) is 0 Å². The van der Waals surface area contributed by atoms with Gasteiger partial charge in [-0.1, -0.05) is 57.6 Å². The zero-order valence-corrected chi connectivity index (χ0v) is 21.5. The van der Waals surface area contributed by atoms with Gasteiger partial charge in [-0.15, -0.1) is 0 Å². The van der Waals surface area contributed by atoms with Crippen LogP contribution in [0.1, 0.15) is 99.3 Å². The van der Waals surface area contributed by atoms with E-state index >= 15 is 0 Å². The summed E-state index contributed by atoms with van der Waals surface area (Å²) in [5.74, 6) is 1.83. The minimum atomic E-state index is -0.624. The van der Waals surface area contributed by atoms with Crippen LogP contribution in [0, 0.1) is 28.6 Å². The minimum Gasteiger partial charge on any atom is -0.390 e. The Labute approximate surface area is 196 Å². The highest BCUT2D eigenvalue weighted by Gasteiger charge is 2.58. The summed E-state index contributed by atoms with van der Waals surface area (Å²) in [6.07, 6.45) is 12.6. The average Bonchev–Trinajstić information content (AvgIpc) is 2.99. The first-order valence-corrected chi connectivity index (χ1v) is 12.9. The van der Waals surface area contributed by atoms with Crippen LogP contribution in [0.2, 0.25) is 0 Å². The molecule has 0 aliphatic heterocycles. The van der Waals surface area contributed by atoms with E-state index in [0.717, 1.165) is 18.4 Å². The zero-order chi connectivity index (χ0) is 23.9. The Morgan fingerprint density at radius 1 is 1.09 bits per heavy atom. The summed E-state index contributed by atoms with van der Waals surface area (Å²) in [6, 6.07) is 0. The fourth-order valence-electron chi connectivity index (χ4n) is 7.17. The molecule has 0 bridgehead atoms. The summed E-state index contributed by atoms with van der Waals surface area (Å²) in [6.45, 7) is 17.6. The zero-order valence-electron chi connectivity index (χ0n) is 21.5. The van der Waals surface area contributed by atoms with Crippen LogP contribution in [0.4, 0.5) is 0 Å². The van der Waals surface area contributed by atoms with E-state index < -0.39 is 17.8 Å². The molecule has 3 saturated carbocycles. The maximum atomic E-state index is 10.2. The van der Waals surface area contributed by atoms with E-state index in [1.165, 1.54) is 32.1 Å². The molecule has 0 heterocycles. The summed E-state index contributed by atoms with van der Waals surface area (Å²) in [4.78, 5) is 0. The van der Waals surface area contributed by atoms with Crippen LogP contribution >= 0.6 is 0 Å². The van der Waals surface area contributed by atoms with Crippen molar-refractivity contribution in [3.8, 4) is 0 Å². The largest absolute Gasteiger partial charge is 0.390 e. The van der Waals surface area contributed by atoms with Crippen LogP contribution in [-0.4, -0.2) is 33.1 Å². The second-order valence-electron chi connectivity index (χ2n) is 12.5. The number of aliphatic hydroxyl groups excluding tert-OH is 2. The van der Waals surface area contributed by atoms with Crippen molar-refractivity contribution in [3.05, 3.63) is 35.5 Å². The van der Waals surface area contributed by atoms with Crippen LogP contribution < -0.4 is 0 Å². The quantitative estimate of drug-likeness (QED) is 0.419. The summed E-state index contributed by atoms with van der Waals surface area (Å²) < 4.78 is 0. The predicted molar refractivity (Wildman–Crippen MR) is 133 cm³/mol. The topological polar surface area (TPSA) is 60.7 Å². The first-order chi connectivity index (χ1) is 14.8. The van der Waals surface area contributed by atoms with Crippen LogP contribution in [0.3, 0.4) is 0 Å². The van der Waals surface area contributed by atoms with Crippen molar-refractivity contribution in [1.29, 1.82) is 0 Å². The van der Waals surface area contributed by atoms with Crippen molar-refractivity contribution < 1.29 is 15.3 Å². The molecule has 0 aromatic carbocycles. The fourth-order valence-corrected chi connectivity index (χ4v) is 7.17. The first kappa shape index (κ1) is 25.7. The van der Waals surface area contributed by atoms with E-state index in [-0.39, 0.29) is 0 Å². The standard InChI is InChI=1S/C29H48O3/c1-19(12-15-27(4,5)32)21(3)28(6)16-13-24-23(9-8-14-29(24,28)7)11-10-22-17-25(30)20(2)26(31)18-22/h10-11,19,21,24-26,30-32H,2,8-9,12-18H2,1,3-7H3/b23-11+/t19-,21+,24?,25+,26+,28-,29-/m0/s1. The lowest BCUT2D eigenvalue weighted by molar-refractivity contribution is -0.0210. The van der Waals surface area contributed by atoms with Crippen LogP contribution in [-0.2, 0) is 0 Å². The maximum Gasteiger partial charge on any atom is 0.0809 e. The molecule has 3 aliphatic carbocycles. The van der Waals surface area contributed by atoms with Crippen molar-refractivity contribution in [2.24, 2.45) is 28.6 Å². The minimum absolute atomic E-state index is 0.303. The van der Waals surface area contributed by atoms with Crippen molar-refractivity contribution in [2.75, 3.05) is 0 Å². The average molecular weight is 445 g/mol. The molecular weight excluding hydrogens is 396 g/mol. The molecule has 0 spiro atoms. The summed E-state index contributed by atoms with van der Waals surface area (Å²) >= 11 is 0. The summed E-state index contributed by atoms with van der Waals surface area (Å²) in [5.41, 5.74) is 3.28. The Hall–Kier alpha value is -0.900. The summed E-state index contributed by atoms with van der Waals surface area (Å²) in [7, 11) is 0. The van der Waals surface area contributed by atoms with Crippen molar-refractivity contribution in [1.82, 2.24) is 0 Å². The van der Waals surface area contributed by atoms with Gasteiger partial charge < -0.3 is 15.3 Å². The smallest absolute Gasteiger partial charge is 0.0809 e. The number of hydrogen-bond acceptors (Lipinski definition) is 3. The second kappa shape index (κ2) is 9.39. The number of aliphatic hydroxyl groups is 3. The molecule has 7 atom stereocenters. The van der Waals surface area contributed by atoms with E-state index in [2.05, 4.69) is 46.4 Å². The number of hydrogen-bond donors (Lipinski definition) is 3. The van der Waals surface area contributed by atoms with E-state index in [4.69, 9.17) is 0 Å². The van der Waals surface area contributed by atoms with Crippen molar-refractivity contribution in [3.63, 3.8) is 0 Å². The molecule has 32 heavy (non-hydrogen) atoms. The molecule has 0 aromatic rings. The van der Waals surface area contributed by atoms with Gasteiger partial charge in [0.1, 0.15) is 0 Å². The highest BCUT2D eigenvalue weighted by Crippen LogP contribution is 2.67. The third kappa shape index (κ3) is 4.95. The number of fused-ring (bicyclic) bond motifs is 1. The molecule has 0 amide bonds. The van der Waals surface area contributed by atoms with Crippen LogP contribution in [0.25, 0.3) is 0 Å². The molecule has 0 radical (unpaired) electrons. The van der Waals surface area contributed by atoms with Gasteiger partial charge >= 0.3 is 0 Å².